The molecule has 0 saturated heterocycles. The Morgan fingerprint density at radius 2 is 1.76 bits per heavy atom. The second-order valence-corrected chi connectivity index (χ2v) is 5.22. The summed E-state index contributed by atoms with van der Waals surface area (Å²) in [5.74, 6) is 1.54. The molecule has 3 nitrogen and oxygen atoms in total. The first-order chi connectivity index (χ1) is 10.2. The molecule has 0 fully saturated rings. The minimum absolute atomic E-state index is 0.765. The summed E-state index contributed by atoms with van der Waals surface area (Å²) in [6.45, 7) is 1.90. The van der Waals surface area contributed by atoms with E-state index in [1.807, 2.05) is 30.3 Å². The number of ether oxygens (including phenoxy) is 2. The second kappa shape index (κ2) is 7.91. The maximum atomic E-state index is 6.14. The number of benzene rings is 2. The van der Waals surface area contributed by atoms with Gasteiger partial charge in [0, 0.05) is 17.0 Å². The number of rotatable bonds is 7. The first-order valence-electron chi connectivity index (χ1n) is 7.00. The van der Waals surface area contributed by atoms with Crippen molar-refractivity contribution in [1.82, 2.24) is 0 Å². The zero-order valence-electron chi connectivity index (χ0n) is 12.4. The van der Waals surface area contributed by atoms with E-state index in [2.05, 4.69) is 17.4 Å². The Morgan fingerprint density at radius 1 is 1.00 bits per heavy atom. The minimum atomic E-state index is 0.765. The first kappa shape index (κ1) is 15.7. The predicted octanol–water partition coefficient (Wildman–Crippen LogP) is 2.66. The Balaban J connectivity index is 1.85. The zero-order valence-corrected chi connectivity index (χ0v) is 13.2. The Kier molecular flexibility index (Phi) is 5.90. The number of nitrogens with two attached hydrogens (primary N) is 1. The van der Waals surface area contributed by atoms with Crippen LogP contribution in [-0.2, 0) is 13.0 Å². The highest BCUT2D eigenvalue weighted by Crippen LogP contribution is 2.27. The Bertz CT molecular complexity index is 587. The highest BCUT2D eigenvalue weighted by molar-refractivity contribution is 6.31. The SMILES string of the molecule is COc1ccc(CC[NH2+]Cc2ccccc2Cl)cc1OC. The number of quaternary nitrogens is 1. The van der Waals surface area contributed by atoms with Crippen molar-refractivity contribution in [1.29, 1.82) is 0 Å². The third-order valence-corrected chi connectivity index (χ3v) is 3.78. The van der Waals surface area contributed by atoms with Crippen LogP contribution >= 0.6 is 11.6 Å². The molecule has 21 heavy (non-hydrogen) atoms. The molecule has 0 heterocycles. The van der Waals surface area contributed by atoms with Gasteiger partial charge in [-0.3, -0.25) is 0 Å². The van der Waals surface area contributed by atoms with Crippen molar-refractivity contribution in [2.75, 3.05) is 20.8 Å². The van der Waals surface area contributed by atoms with Crippen molar-refractivity contribution in [3.05, 3.63) is 58.6 Å². The molecule has 4 heteroatoms. The summed E-state index contributed by atoms with van der Waals surface area (Å²) < 4.78 is 10.6. The molecule has 0 aromatic heterocycles. The van der Waals surface area contributed by atoms with Crippen LogP contribution in [0, 0.1) is 0 Å². The molecule has 0 unspecified atom stereocenters. The molecule has 2 aromatic carbocycles. The zero-order chi connectivity index (χ0) is 15.1. The quantitative estimate of drug-likeness (QED) is 0.798. The molecule has 112 valence electrons. The predicted molar refractivity (Wildman–Crippen MR) is 85.2 cm³/mol. The van der Waals surface area contributed by atoms with Gasteiger partial charge in [-0.25, -0.2) is 0 Å². The van der Waals surface area contributed by atoms with E-state index in [1.165, 1.54) is 11.1 Å². The topological polar surface area (TPSA) is 35.1 Å². The lowest BCUT2D eigenvalue weighted by atomic mass is 10.1. The van der Waals surface area contributed by atoms with Crippen molar-refractivity contribution in [3.8, 4) is 11.5 Å². The third-order valence-electron chi connectivity index (χ3n) is 3.41. The molecule has 0 bridgehead atoms. The van der Waals surface area contributed by atoms with Gasteiger partial charge in [0.2, 0.25) is 0 Å². The molecule has 0 amide bonds. The van der Waals surface area contributed by atoms with Crippen LogP contribution in [0.5, 0.6) is 11.5 Å². The van der Waals surface area contributed by atoms with Crippen molar-refractivity contribution >= 4 is 11.6 Å². The van der Waals surface area contributed by atoms with Gasteiger partial charge in [0.25, 0.3) is 0 Å². The van der Waals surface area contributed by atoms with E-state index in [-0.39, 0.29) is 0 Å². The van der Waals surface area contributed by atoms with Gasteiger partial charge in [-0.2, -0.15) is 0 Å². The van der Waals surface area contributed by atoms with E-state index in [0.717, 1.165) is 36.0 Å². The van der Waals surface area contributed by atoms with Crippen LogP contribution in [0.15, 0.2) is 42.5 Å². The second-order valence-electron chi connectivity index (χ2n) is 4.81. The van der Waals surface area contributed by atoms with E-state index in [1.54, 1.807) is 14.2 Å². The average molecular weight is 307 g/mol. The van der Waals surface area contributed by atoms with E-state index in [0.29, 0.717) is 0 Å². The summed E-state index contributed by atoms with van der Waals surface area (Å²) in [5, 5.41) is 3.10. The molecule has 0 spiro atoms. The summed E-state index contributed by atoms with van der Waals surface area (Å²) in [4.78, 5) is 0. The molecule has 0 atom stereocenters. The number of methoxy groups -OCH3 is 2. The first-order valence-corrected chi connectivity index (χ1v) is 7.38. The van der Waals surface area contributed by atoms with Crippen molar-refractivity contribution < 1.29 is 14.8 Å². The van der Waals surface area contributed by atoms with E-state index >= 15 is 0 Å². The molecule has 0 aliphatic heterocycles. The number of hydrogen-bond acceptors (Lipinski definition) is 2. The molecule has 2 aromatic rings. The van der Waals surface area contributed by atoms with Crippen LogP contribution in [0.4, 0.5) is 0 Å². The van der Waals surface area contributed by atoms with Crippen LogP contribution in [0.25, 0.3) is 0 Å². The van der Waals surface area contributed by atoms with Crippen LogP contribution < -0.4 is 14.8 Å². The Labute approximate surface area is 130 Å². The number of halogens is 1. The van der Waals surface area contributed by atoms with E-state index in [4.69, 9.17) is 21.1 Å². The minimum Gasteiger partial charge on any atom is -0.493 e. The van der Waals surface area contributed by atoms with E-state index in [9.17, 15) is 0 Å². The van der Waals surface area contributed by atoms with Crippen LogP contribution in [0.1, 0.15) is 11.1 Å². The van der Waals surface area contributed by atoms with Gasteiger partial charge in [0.1, 0.15) is 6.54 Å². The van der Waals surface area contributed by atoms with Crippen molar-refractivity contribution in [2.24, 2.45) is 0 Å². The fourth-order valence-electron chi connectivity index (χ4n) is 2.23. The van der Waals surface area contributed by atoms with Crippen molar-refractivity contribution in [3.63, 3.8) is 0 Å². The number of hydrogen-bond donors (Lipinski definition) is 1. The molecule has 0 aliphatic carbocycles. The van der Waals surface area contributed by atoms with Gasteiger partial charge in [-0.15, -0.1) is 0 Å². The standard InChI is InChI=1S/C17H20ClNO2/c1-20-16-8-7-13(11-17(16)21-2)9-10-19-12-14-5-3-4-6-15(14)18/h3-8,11,19H,9-10,12H2,1-2H3/p+1. The highest BCUT2D eigenvalue weighted by atomic mass is 35.5. The highest BCUT2D eigenvalue weighted by Gasteiger charge is 2.05. The molecular weight excluding hydrogens is 286 g/mol. The third kappa shape index (κ3) is 4.38. The summed E-state index contributed by atoms with van der Waals surface area (Å²) in [6, 6.07) is 14.0. The van der Waals surface area contributed by atoms with Gasteiger partial charge >= 0.3 is 0 Å². The Hall–Kier alpha value is -1.71. The van der Waals surface area contributed by atoms with Crippen molar-refractivity contribution in [2.45, 2.75) is 13.0 Å². The molecule has 2 N–H and O–H groups in total. The lowest BCUT2D eigenvalue weighted by Gasteiger charge is -2.09. The van der Waals surface area contributed by atoms with Crippen LogP contribution in [0.2, 0.25) is 5.02 Å². The Morgan fingerprint density at radius 3 is 2.48 bits per heavy atom. The summed E-state index contributed by atoms with van der Waals surface area (Å²) in [5.41, 5.74) is 2.41. The van der Waals surface area contributed by atoms with Gasteiger partial charge in [0.15, 0.2) is 11.5 Å². The summed E-state index contributed by atoms with van der Waals surface area (Å²) in [6.07, 6.45) is 0.977. The monoisotopic (exact) mass is 306 g/mol. The summed E-state index contributed by atoms with van der Waals surface area (Å²) in [7, 11) is 3.31. The smallest absolute Gasteiger partial charge is 0.160 e. The largest absolute Gasteiger partial charge is 0.493 e. The lowest BCUT2D eigenvalue weighted by Crippen LogP contribution is -2.83. The average Bonchev–Trinajstić information content (AvgIpc) is 2.52. The lowest BCUT2D eigenvalue weighted by molar-refractivity contribution is -0.670. The molecule has 2 rings (SSSR count). The summed E-state index contributed by atoms with van der Waals surface area (Å²) >= 11 is 6.14. The molecule has 0 radical (unpaired) electrons. The maximum Gasteiger partial charge on any atom is 0.160 e. The van der Waals surface area contributed by atoms with Crippen LogP contribution in [-0.4, -0.2) is 20.8 Å². The van der Waals surface area contributed by atoms with E-state index < -0.39 is 0 Å². The van der Waals surface area contributed by atoms with Gasteiger partial charge in [-0.1, -0.05) is 35.9 Å². The molecular formula is C17H21ClNO2+. The van der Waals surface area contributed by atoms with Gasteiger partial charge in [0.05, 0.1) is 20.8 Å². The molecule has 0 aliphatic rings. The fraction of sp³-hybridized carbons (Fsp3) is 0.294. The van der Waals surface area contributed by atoms with Crippen LogP contribution in [0.3, 0.4) is 0 Å². The maximum absolute atomic E-state index is 6.14. The fourth-order valence-corrected chi connectivity index (χ4v) is 2.44. The van der Waals surface area contributed by atoms with Gasteiger partial charge < -0.3 is 14.8 Å². The van der Waals surface area contributed by atoms with Gasteiger partial charge in [-0.05, 0) is 23.8 Å². The molecule has 0 saturated carbocycles. The normalized spacial score (nSPS) is 10.4.